The number of aryl methyl sites for hydroxylation is 2. The lowest BCUT2D eigenvalue weighted by atomic mass is 10.1. The molecular weight excluding hydrogens is 414 g/mol. The van der Waals surface area contributed by atoms with Gasteiger partial charge in [-0.1, -0.05) is 6.07 Å². The van der Waals surface area contributed by atoms with Crippen molar-refractivity contribution in [3.63, 3.8) is 0 Å². The van der Waals surface area contributed by atoms with E-state index in [0.717, 1.165) is 28.8 Å². The Morgan fingerprint density at radius 3 is 2.68 bits per heavy atom. The highest BCUT2D eigenvalue weighted by molar-refractivity contribution is 7.18. The molecule has 0 aliphatic carbocycles. The van der Waals surface area contributed by atoms with Crippen molar-refractivity contribution in [2.45, 2.75) is 26.7 Å². The third-order valence-corrected chi connectivity index (χ3v) is 6.90. The summed E-state index contributed by atoms with van der Waals surface area (Å²) in [7, 11) is 0. The lowest BCUT2D eigenvalue weighted by molar-refractivity contribution is -0.123. The molecule has 0 saturated carbocycles. The van der Waals surface area contributed by atoms with E-state index >= 15 is 0 Å². The van der Waals surface area contributed by atoms with Crippen molar-refractivity contribution in [2.24, 2.45) is 0 Å². The number of amides is 1. The van der Waals surface area contributed by atoms with Gasteiger partial charge in [-0.15, -0.1) is 11.3 Å². The molecular formula is C23H23N3O4S. The van der Waals surface area contributed by atoms with Gasteiger partial charge in [-0.3, -0.25) is 9.59 Å². The maximum atomic E-state index is 13.4. The van der Waals surface area contributed by atoms with Crippen LogP contribution in [0, 0.1) is 13.8 Å². The summed E-state index contributed by atoms with van der Waals surface area (Å²) in [5, 5.41) is 0.596. The smallest absolute Gasteiger partial charge is 0.260 e. The molecule has 0 radical (unpaired) electrons. The first-order valence-corrected chi connectivity index (χ1v) is 11.2. The number of carbonyl (C=O) groups excluding carboxylic acids is 1. The number of benzene rings is 1. The number of thiophene rings is 1. The van der Waals surface area contributed by atoms with Crippen LogP contribution in [0.15, 0.2) is 23.0 Å². The molecule has 3 aromatic rings. The molecule has 0 atom stereocenters. The minimum Gasteiger partial charge on any atom is -0.486 e. The van der Waals surface area contributed by atoms with E-state index in [4.69, 9.17) is 9.47 Å². The number of carbonyl (C=O) groups is 1. The predicted octanol–water partition coefficient (Wildman–Crippen LogP) is 3.54. The molecule has 0 spiro atoms. The first kappa shape index (κ1) is 19.8. The van der Waals surface area contributed by atoms with E-state index in [2.05, 4.69) is 9.97 Å². The maximum absolute atomic E-state index is 13.4. The first-order chi connectivity index (χ1) is 15.0. The summed E-state index contributed by atoms with van der Waals surface area (Å²) in [6, 6.07) is 5.56. The second kappa shape index (κ2) is 7.85. The van der Waals surface area contributed by atoms with Crippen molar-refractivity contribution in [2.75, 3.05) is 26.3 Å². The first-order valence-electron chi connectivity index (χ1n) is 10.4. The number of hydrogen-bond donors (Lipinski definition) is 1. The van der Waals surface area contributed by atoms with Gasteiger partial charge in [0.2, 0.25) is 0 Å². The van der Waals surface area contributed by atoms with Gasteiger partial charge in [0.1, 0.15) is 23.9 Å². The van der Waals surface area contributed by atoms with E-state index in [0.29, 0.717) is 59.4 Å². The van der Waals surface area contributed by atoms with Crippen LogP contribution in [0.2, 0.25) is 0 Å². The number of nitrogens with zero attached hydrogens (tertiary/aromatic N) is 2. The number of rotatable bonds is 3. The zero-order valence-corrected chi connectivity index (χ0v) is 18.3. The summed E-state index contributed by atoms with van der Waals surface area (Å²) < 4.78 is 11.3. The van der Waals surface area contributed by atoms with Crippen LogP contribution in [-0.2, 0) is 4.79 Å². The van der Waals surface area contributed by atoms with Gasteiger partial charge in [0.05, 0.1) is 11.0 Å². The van der Waals surface area contributed by atoms with Crippen LogP contribution in [0.3, 0.4) is 0 Å². The van der Waals surface area contributed by atoms with Gasteiger partial charge in [0.25, 0.3) is 11.5 Å². The Hall–Kier alpha value is -3.13. The minimum absolute atomic E-state index is 0.125. The molecule has 4 heterocycles. The standard InChI is InChI=1S/C23H23N3O4S/c1-13-14(2)31-22-19(13)21(27)24-20(25-22)16(23(28)26-7-3-4-8-26)11-15-5-6-17-18(12-15)30-10-9-29-17/h5-6,11-12H,3-4,7-10H2,1-2H3,(H,24,25,27). The fourth-order valence-corrected chi connectivity index (χ4v) is 5.05. The van der Waals surface area contributed by atoms with Gasteiger partial charge in [-0.05, 0) is 56.0 Å². The molecule has 1 fully saturated rings. The van der Waals surface area contributed by atoms with Crippen LogP contribution in [0.25, 0.3) is 21.9 Å². The normalized spacial score (nSPS) is 16.2. The lowest BCUT2D eigenvalue weighted by Crippen LogP contribution is -2.29. The van der Waals surface area contributed by atoms with E-state index in [1.165, 1.54) is 11.3 Å². The average molecular weight is 438 g/mol. The summed E-state index contributed by atoms with van der Waals surface area (Å²) in [6.45, 7) is 6.32. The Morgan fingerprint density at radius 1 is 1.16 bits per heavy atom. The molecule has 0 unspecified atom stereocenters. The van der Waals surface area contributed by atoms with Crippen molar-refractivity contribution in [1.29, 1.82) is 0 Å². The van der Waals surface area contributed by atoms with Gasteiger partial charge < -0.3 is 19.4 Å². The zero-order chi connectivity index (χ0) is 21.5. The molecule has 31 heavy (non-hydrogen) atoms. The Bertz CT molecular complexity index is 1270. The molecule has 1 saturated heterocycles. The van der Waals surface area contributed by atoms with Gasteiger partial charge in [-0.25, -0.2) is 4.98 Å². The molecule has 2 aliphatic rings. The molecule has 1 amide bonds. The Labute approximate surface area is 183 Å². The van der Waals surface area contributed by atoms with E-state index in [1.807, 2.05) is 36.9 Å². The molecule has 5 rings (SSSR count). The summed E-state index contributed by atoms with van der Waals surface area (Å²) in [4.78, 5) is 37.3. The highest BCUT2D eigenvalue weighted by Crippen LogP contribution is 2.33. The molecule has 0 bridgehead atoms. The molecule has 160 valence electrons. The van der Waals surface area contributed by atoms with Crippen molar-refractivity contribution in [1.82, 2.24) is 14.9 Å². The number of fused-ring (bicyclic) bond motifs is 2. The second-order valence-electron chi connectivity index (χ2n) is 7.84. The number of H-pyrrole nitrogens is 1. The summed E-state index contributed by atoms with van der Waals surface area (Å²) in [6.07, 6.45) is 3.74. The van der Waals surface area contributed by atoms with E-state index in [1.54, 1.807) is 6.08 Å². The SMILES string of the molecule is Cc1sc2nc(C(=Cc3ccc4c(c3)OCCO4)C(=O)N3CCCC3)[nH]c(=O)c2c1C. The third kappa shape index (κ3) is 3.61. The number of aromatic nitrogens is 2. The number of likely N-dealkylation sites (tertiary alicyclic amines) is 1. The van der Waals surface area contributed by atoms with Gasteiger partial charge >= 0.3 is 0 Å². The quantitative estimate of drug-likeness (QED) is 0.634. The van der Waals surface area contributed by atoms with E-state index < -0.39 is 0 Å². The summed E-state index contributed by atoms with van der Waals surface area (Å²) in [5.74, 6) is 1.51. The average Bonchev–Trinajstić information content (AvgIpc) is 3.40. The van der Waals surface area contributed by atoms with Crippen molar-refractivity contribution >= 4 is 39.1 Å². The Morgan fingerprint density at radius 2 is 1.90 bits per heavy atom. The van der Waals surface area contributed by atoms with Crippen LogP contribution >= 0.6 is 11.3 Å². The molecule has 1 N–H and O–H groups in total. The fraction of sp³-hybridized carbons (Fsp3) is 0.348. The molecule has 2 aromatic heterocycles. The maximum Gasteiger partial charge on any atom is 0.260 e. The summed E-state index contributed by atoms with van der Waals surface area (Å²) >= 11 is 1.47. The number of aromatic amines is 1. The second-order valence-corrected chi connectivity index (χ2v) is 9.04. The Kier molecular flexibility index (Phi) is 5.02. The predicted molar refractivity (Wildman–Crippen MR) is 121 cm³/mol. The van der Waals surface area contributed by atoms with Crippen LogP contribution < -0.4 is 15.0 Å². The van der Waals surface area contributed by atoms with Crippen molar-refractivity contribution in [3.8, 4) is 11.5 Å². The highest BCUT2D eigenvalue weighted by Gasteiger charge is 2.25. The minimum atomic E-state index is -0.218. The van der Waals surface area contributed by atoms with E-state index in [-0.39, 0.29) is 11.5 Å². The monoisotopic (exact) mass is 437 g/mol. The van der Waals surface area contributed by atoms with Crippen LogP contribution in [0.4, 0.5) is 0 Å². The number of nitrogens with one attached hydrogen (secondary N) is 1. The number of ether oxygens (including phenoxy) is 2. The lowest BCUT2D eigenvalue weighted by Gasteiger charge is -2.19. The van der Waals surface area contributed by atoms with Gasteiger partial charge in [0, 0.05) is 18.0 Å². The zero-order valence-electron chi connectivity index (χ0n) is 17.5. The highest BCUT2D eigenvalue weighted by atomic mass is 32.1. The molecule has 8 heteroatoms. The van der Waals surface area contributed by atoms with E-state index in [9.17, 15) is 9.59 Å². The topological polar surface area (TPSA) is 84.5 Å². The molecule has 2 aliphatic heterocycles. The fourth-order valence-electron chi connectivity index (χ4n) is 4.02. The van der Waals surface area contributed by atoms with Crippen molar-refractivity contribution < 1.29 is 14.3 Å². The third-order valence-electron chi connectivity index (χ3n) is 5.80. The number of hydrogen-bond acceptors (Lipinski definition) is 6. The Balaban J connectivity index is 1.64. The van der Waals surface area contributed by atoms with Crippen LogP contribution in [0.5, 0.6) is 11.5 Å². The van der Waals surface area contributed by atoms with Gasteiger partial charge in [-0.2, -0.15) is 0 Å². The molecule has 1 aromatic carbocycles. The van der Waals surface area contributed by atoms with Crippen LogP contribution in [-0.4, -0.2) is 47.1 Å². The van der Waals surface area contributed by atoms with Crippen molar-refractivity contribution in [3.05, 3.63) is 50.4 Å². The van der Waals surface area contributed by atoms with Gasteiger partial charge in [0.15, 0.2) is 11.5 Å². The summed E-state index contributed by atoms with van der Waals surface area (Å²) in [5.41, 5.74) is 1.88. The van der Waals surface area contributed by atoms with Crippen LogP contribution in [0.1, 0.15) is 34.7 Å². The molecule has 7 nitrogen and oxygen atoms in total. The largest absolute Gasteiger partial charge is 0.486 e.